The number of hydrogen-bond acceptors (Lipinski definition) is 6. The molecule has 2 atom stereocenters. The third-order valence-electron chi connectivity index (χ3n) is 4.46. The number of hydrogen-bond donors (Lipinski definition) is 2. The van der Waals surface area contributed by atoms with Gasteiger partial charge in [0.05, 0.1) is 23.3 Å². The second-order valence-electron chi connectivity index (χ2n) is 6.43. The fourth-order valence-corrected chi connectivity index (χ4v) is 4.03. The zero-order chi connectivity index (χ0) is 20.8. The Bertz CT molecular complexity index is 1010. The number of allylic oxidation sites excluding steroid dienone is 1. The van der Waals surface area contributed by atoms with Gasteiger partial charge in [-0.15, -0.1) is 0 Å². The average molecular weight is 405 g/mol. The lowest BCUT2D eigenvalue weighted by atomic mass is 9.77. The molecule has 7 nitrogen and oxygen atoms in total. The van der Waals surface area contributed by atoms with E-state index in [0.29, 0.717) is 22.0 Å². The molecule has 1 aliphatic heterocycles. The largest absolute Gasteiger partial charge is 0.369 e. The lowest BCUT2D eigenvalue weighted by Gasteiger charge is -2.30. The molecule has 3 N–H and O–H groups in total. The fraction of sp³-hybridized carbons (Fsp3) is 0.190. The van der Waals surface area contributed by atoms with Crippen LogP contribution in [0.2, 0.25) is 0 Å². The first-order valence-corrected chi connectivity index (χ1v) is 9.86. The van der Waals surface area contributed by atoms with E-state index in [0.717, 1.165) is 17.3 Å². The normalized spacial score (nSPS) is 18.6. The zero-order valence-corrected chi connectivity index (χ0v) is 16.5. The first-order valence-electron chi connectivity index (χ1n) is 8.87. The van der Waals surface area contributed by atoms with Gasteiger partial charge in [-0.25, -0.2) is 4.99 Å². The molecule has 0 fully saturated rings. The van der Waals surface area contributed by atoms with E-state index in [1.165, 1.54) is 0 Å². The highest BCUT2D eigenvalue weighted by Gasteiger charge is 2.39. The maximum atomic E-state index is 13.2. The van der Waals surface area contributed by atoms with Crippen LogP contribution in [-0.2, 0) is 9.59 Å². The van der Waals surface area contributed by atoms with E-state index in [-0.39, 0.29) is 11.7 Å². The standard InChI is InChI=1S/C21H19N5O2S/c1-13-18(20(28)26-15-5-3-2-4-6-15)19(14-7-9-24-10-8-14)16(11-22)21(25-13)29-12-17(23)27/h2-10,18-19H,12H2,1H3,(H2,23,27)(H,26,28)/t18?,19-/m0/s1. The van der Waals surface area contributed by atoms with Crippen molar-refractivity contribution in [2.75, 3.05) is 11.1 Å². The van der Waals surface area contributed by atoms with Gasteiger partial charge in [0.1, 0.15) is 5.03 Å². The van der Waals surface area contributed by atoms with Crippen LogP contribution in [0.5, 0.6) is 0 Å². The molecule has 1 aromatic carbocycles. The molecule has 0 bridgehead atoms. The molecule has 2 aromatic rings. The summed E-state index contributed by atoms with van der Waals surface area (Å²) in [4.78, 5) is 32.9. The summed E-state index contributed by atoms with van der Waals surface area (Å²) in [7, 11) is 0. The molecule has 0 saturated heterocycles. The summed E-state index contributed by atoms with van der Waals surface area (Å²) in [5.74, 6) is -1.98. The van der Waals surface area contributed by atoms with Gasteiger partial charge in [0, 0.05) is 29.7 Å². The molecule has 3 rings (SSSR count). The monoisotopic (exact) mass is 405 g/mol. The Balaban J connectivity index is 2.03. The molecule has 2 heterocycles. The molecule has 29 heavy (non-hydrogen) atoms. The van der Waals surface area contributed by atoms with Crippen LogP contribution in [0.25, 0.3) is 0 Å². The van der Waals surface area contributed by atoms with Crippen LogP contribution in [0, 0.1) is 17.2 Å². The maximum absolute atomic E-state index is 13.2. The van der Waals surface area contributed by atoms with Crippen LogP contribution < -0.4 is 11.1 Å². The number of amides is 2. The molecule has 0 aliphatic carbocycles. The van der Waals surface area contributed by atoms with E-state index in [4.69, 9.17) is 5.73 Å². The molecule has 1 aromatic heterocycles. The van der Waals surface area contributed by atoms with Crippen LogP contribution in [0.3, 0.4) is 0 Å². The number of pyridine rings is 1. The number of primary amides is 1. The highest BCUT2D eigenvalue weighted by Crippen LogP contribution is 2.42. The van der Waals surface area contributed by atoms with E-state index in [9.17, 15) is 14.9 Å². The number of rotatable bonds is 6. The number of anilines is 1. The third-order valence-corrected chi connectivity index (χ3v) is 5.48. The van der Waals surface area contributed by atoms with Gasteiger partial charge in [0.25, 0.3) is 0 Å². The van der Waals surface area contributed by atoms with Gasteiger partial charge < -0.3 is 11.1 Å². The number of thioether (sulfide) groups is 1. The van der Waals surface area contributed by atoms with Gasteiger partial charge in [-0.3, -0.25) is 14.6 Å². The number of nitriles is 1. The topological polar surface area (TPSA) is 121 Å². The highest BCUT2D eigenvalue weighted by atomic mass is 32.2. The number of aliphatic imine (C=N–C) groups is 1. The molecular formula is C21H19N5O2S. The predicted octanol–water partition coefficient (Wildman–Crippen LogP) is 2.85. The van der Waals surface area contributed by atoms with Crippen molar-refractivity contribution in [3.05, 3.63) is 71.0 Å². The Labute approximate surface area is 172 Å². The van der Waals surface area contributed by atoms with Crippen molar-refractivity contribution in [3.8, 4) is 6.07 Å². The second kappa shape index (κ2) is 9.17. The average Bonchev–Trinajstić information content (AvgIpc) is 2.72. The predicted molar refractivity (Wildman–Crippen MR) is 113 cm³/mol. The number of nitrogens with zero attached hydrogens (tertiary/aromatic N) is 3. The first-order chi connectivity index (χ1) is 14.0. The van der Waals surface area contributed by atoms with E-state index >= 15 is 0 Å². The van der Waals surface area contributed by atoms with Gasteiger partial charge in [0.2, 0.25) is 11.8 Å². The molecule has 1 unspecified atom stereocenters. The smallest absolute Gasteiger partial charge is 0.234 e. The summed E-state index contributed by atoms with van der Waals surface area (Å²) in [5.41, 5.74) is 7.58. The van der Waals surface area contributed by atoms with Crippen LogP contribution >= 0.6 is 11.8 Å². The van der Waals surface area contributed by atoms with Crippen molar-refractivity contribution in [2.45, 2.75) is 12.8 Å². The van der Waals surface area contributed by atoms with Crippen molar-refractivity contribution < 1.29 is 9.59 Å². The molecule has 0 spiro atoms. The lowest BCUT2D eigenvalue weighted by molar-refractivity contribution is -0.118. The lowest BCUT2D eigenvalue weighted by Crippen LogP contribution is -2.36. The SMILES string of the molecule is CC1=NC(SCC(N)=O)=C(C#N)[C@H](c2ccncc2)C1C(=O)Nc1ccccc1. The minimum Gasteiger partial charge on any atom is -0.369 e. The fourth-order valence-electron chi connectivity index (χ4n) is 3.21. The van der Waals surface area contributed by atoms with Crippen LogP contribution in [-0.4, -0.2) is 28.3 Å². The summed E-state index contributed by atoms with van der Waals surface area (Å²) in [6.45, 7) is 1.75. The Morgan fingerprint density at radius 3 is 2.52 bits per heavy atom. The van der Waals surface area contributed by atoms with Crippen molar-refractivity contribution in [2.24, 2.45) is 16.6 Å². The molecule has 1 aliphatic rings. The van der Waals surface area contributed by atoms with Gasteiger partial charge in [0.15, 0.2) is 0 Å². The number of aromatic nitrogens is 1. The van der Waals surface area contributed by atoms with Crippen LogP contribution in [0.1, 0.15) is 18.4 Å². The van der Waals surface area contributed by atoms with Crippen molar-refractivity contribution >= 4 is 35.0 Å². The zero-order valence-electron chi connectivity index (χ0n) is 15.7. The Morgan fingerprint density at radius 2 is 1.90 bits per heavy atom. The van der Waals surface area contributed by atoms with E-state index in [1.54, 1.807) is 43.6 Å². The Morgan fingerprint density at radius 1 is 1.21 bits per heavy atom. The van der Waals surface area contributed by atoms with Crippen molar-refractivity contribution in [1.82, 2.24) is 4.98 Å². The van der Waals surface area contributed by atoms with Gasteiger partial charge in [-0.05, 0) is 36.8 Å². The second-order valence-corrected chi connectivity index (χ2v) is 7.39. The Kier molecular flexibility index (Phi) is 6.42. The number of carbonyl (C=O) groups is 2. The maximum Gasteiger partial charge on any atom is 0.234 e. The molecular weight excluding hydrogens is 386 g/mol. The summed E-state index contributed by atoms with van der Waals surface area (Å²) in [6, 6.07) is 14.9. The minimum atomic E-state index is -0.676. The molecule has 8 heteroatoms. The number of nitrogens with two attached hydrogens (primary N) is 1. The molecule has 146 valence electrons. The van der Waals surface area contributed by atoms with Gasteiger partial charge in [-0.2, -0.15) is 5.26 Å². The van der Waals surface area contributed by atoms with E-state index < -0.39 is 17.7 Å². The molecule has 2 amide bonds. The summed E-state index contributed by atoms with van der Waals surface area (Å²) < 4.78 is 0. The number of carbonyl (C=O) groups excluding carboxylic acids is 2. The number of nitrogens with one attached hydrogen (secondary N) is 1. The van der Waals surface area contributed by atoms with Crippen LogP contribution in [0.4, 0.5) is 5.69 Å². The van der Waals surface area contributed by atoms with Crippen LogP contribution in [0.15, 0.2) is 70.5 Å². The molecule has 0 saturated carbocycles. The summed E-state index contributed by atoms with van der Waals surface area (Å²) in [5, 5.41) is 13.2. The minimum absolute atomic E-state index is 0.00123. The van der Waals surface area contributed by atoms with Gasteiger partial charge >= 0.3 is 0 Å². The molecule has 0 radical (unpaired) electrons. The number of benzene rings is 1. The quantitative estimate of drug-likeness (QED) is 0.765. The third kappa shape index (κ3) is 4.70. The van der Waals surface area contributed by atoms with Gasteiger partial charge in [-0.1, -0.05) is 30.0 Å². The van der Waals surface area contributed by atoms with Crippen molar-refractivity contribution in [1.29, 1.82) is 5.26 Å². The first kappa shape index (κ1) is 20.3. The summed E-state index contributed by atoms with van der Waals surface area (Å²) in [6.07, 6.45) is 3.24. The Hall–Kier alpha value is -3.44. The van der Waals surface area contributed by atoms with Crippen molar-refractivity contribution in [3.63, 3.8) is 0 Å². The van der Waals surface area contributed by atoms with E-state index in [2.05, 4.69) is 21.4 Å². The van der Waals surface area contributed by atoms with E-state index in [1.807, 2.05) is 18.2 Å². The summed E-state index contributed by atoms with van der Waals surface area (Å²) >= 11 is 1.11. The number of para-hydroxylation sites is 1. The highest BCUT2D eigenvalue weighted by molar-refractivity contribution is 8.03.